The molecule has 1 aliphatic rings. The molecule has 26 heavy (non-hydrogen) atoms. The third-order valence-corrected chi connectivity index (χ3v) is 3.96. The Kier molecular flexibility index (Phi) is 5.17. The second-order valence-electron chi connectivity index (χ2n) is 6.03. The number of benzene rings is 2. The highest BCUT2D eigenvalue weighted by Crippen LogP contribution is 2.19. The van der Waals surface area contributed by atoms with Crippen molar-refractivity contribution in [1.29, 1.82) is 0 Å². The van der Waals surface area contributed by atoms with Crippen molar-refractivity contribution < 1.29 is 14.4 Å². The van der Waals surface area contributed by atoms with Gasteiger partial charge in [-0.3, -0.25) is 9.59 Å². The van der Waals surface area contributed by atoms with E-state index in [1.54, 1.807) is 48.5 Å². The van der Waals surface area contributed by atoms with Gasteiger partial charge in [0.25, 0.3) is 11.8 Å². The van der Waals surface area contributed by atoms with Gasteiger partial charge < -0.3 is 21.3 Å². The third kappa shape index (κ3) is 4.38. The first-order chi connectivity index (χ1) is 12.6. The molecule has 0 aromatic heterocycles. The maximum absolute atomic E-state index is 12.4. The molecule has 1 aliphatic carbocycles. The lowest BCUT2D eigenvalue weighted by atomic mass is 10.1. The van der Waals surface area contributed by atoms with Gasteiger partial charge in [0.1, 0.15) is 0 Å². The van der Waals surface area contributed by atoms with Crippen LogP contribution in [0.15, 0.2) is 48.5 Å². The molecule has 0 spiro atoms. The standard InChI is InChI=1S/C19H20N4O3/c1-20-18(25)15-4-2-3-5-16(15)23-17(24)12-6-8-13(9-7-12)21-19(26)22-14-10-11-14/h2-9,14H,10-11H2,1H3,(H,20,25)(H,23,24)(H2,21,22,26). The van der Waals surface area contributed by atoms with Crippen LogP contribution in [0.1, 0.15) is 33.6 Å². The van der Waals surface area contributed by atoms with Crippen molar-refractivity contribution in [2.24, 2.45) is 0 Å². The Balaban J connectivity index is 1.65. The van der Waals surface area contributed by atoms with Crippen LogP contribution in [0.2, 0.25) is 0 Å². The van der Waals surface area contributed by atoms with Crippen molar-refractivity contribution in [2.75, 3.05) is 17.7 Å². The molecule has 1 saturated carbocycles. The van der Waals surface area contributed by atoms with E-state index in [9.17, 15) is 14.4 Å². The van der Waals surface area contributed by atoms with Crippen molar-refractivity contribution in [2.45, 2.75) is 18.9 Å². The highest BCUT2D eigenvalue weighted by Gasteiger charge is 2.23. The number of carbonyl (C=O) groups is 3. The summed E-state index contributed by atoms with van der Waals surface area (Å²) in [4.78, 5) is 36.0. The topological polar surface area (TPSA) is 99.3 Å². The van der Waals surface area contributed by atoms with E-state index in [0.717, 1.165) is 12.8 Å². The third-order valence-electron chi connectivity index (χ3n) is 3.96. The van der Waals surface area contributed by atoms with E-state index in [2.05, 4.69) is 21.3 Å². The minimum atomic E-state index is -0.338. The molecule has 134 valence electrons. The number of nitrogens with one attached hydrogen (secondary N) is 4. The van der Waals surface area contributed by atoms with Crippen LogP contribution in [0, 0.1) is 0 Å². The monoisotopic (exact) mass is 352 g/mol. The molecule has 0 saturated heterocycles. The number of amides is 4. The van der Waals surface area contributed by atoms with Crippen LogP contribution in [-0.4, -0.2) is 30.9 Å². The number of anilines is 2. The first kappa shape index (κ1) is 17.5. The summed E-state index contributed by atoms with van der Waals surface area (Å²) >= 11 is 0. The molecule has 0 atom stereocenters. The normalized spacial score (nSPS) is 12.8. The Morgan fingerprint density at radius 3 is 2.23 bits per heavy atom. The van der Waals surface area contributed by atoms with Crippen LogP contribution >= 0.6 is 0 Å². The fourth-order valence-electron chi connectivity index (χ4n) is 2.40. The summed E-state index contributed by atoms with van der Waals surface area (Å²) in [6.07, 6.45) is 2.04. The van der Waals surface area contributed by atoms with Crippen LogP contribution in [0.3, 0.4) is 0 Å². The maximum atomic E-state index is 12.4. The average molecular weight is 352 g/mol. The SMILES string of the molecule is CNC(=O)c1ccccc1NC(=O)c1ccc(NC(=O)NC2CC2)cc1. The van der Waals surface area contributed by atoms with Crippen molar-refractivity contribution in [3.63, 3.8) is 0 Å². The van der Waals surface area contributed by atoms with Gasteiger partial charge in [0.05, 0.1) is 11.3 Å². The fourth-order valence-corrected chi connectivity index (χ4v) is 2.40. The molecule has 0 radical (unpaired) electrons. The minimum Gasteiger partial charge on any atom is -0.355 e. The molecule has 2 aromatic rings. The number of para-hydroxylation sites is 1. The highest BCUT2D eigenvalue weighted by atomic mass is 16.2. The number of hydrogen-bond donors (Lipinski definition) is 4. The molecule has 2 aromatic carbocycles. The molecule has 3 rings (SSSR count). The summed E-state index contributed by atoms with van der Waals surface area (Å²) < 4.78 is 0. The number of carbonyl (C=O) groups excluding carboxylic acids is 3. The van der Waals surface area contributed by atoms with Crippen LogP contribution in [0.25, 0.3) is 0 Å². The number of urea groups is 1. The summed E-state index contributed by atoms with van der Waals surface area (Å²) in [5.41, 5.74) is 1.84. The van der Waals surface area contributed by atoms with E-state index in [0.29, 0.717) is 22.5 Å². The lowest BCUT2D eigenvalue weighted by Gasteiger charge is -2.11. The molecule has 0 aliphatic heterocycles. The van der Waals surface area contributed by atoms with Gasteiger partial charge >= 0.3 is 6.03 Å². The quantitative estimate of drug-likeness (QED) is 0.665. The highest BCUT2D eigenvalue weighted by molar-refractivity contribution is 6.09. The van der Waals surface area contributed by atoms with Crippen LogP contribution in [0.4, 0.5) is 16.2 Å². The smallest absolute Gasteiger partial charge is 0.319 e. The summed E-state index contributed by atoms with van der Waals surface area (Å²) in [6.45, 7) is 0. The van der Waals surface area contributed by atoms with Crippen LogP contribution in [0.5, 0.6) is 0 Å². The lowest BCUT2D eigenvalue weighted by molar-refractivity contribution is 0.0964. The summed E-state index contributed by atoms with van der Waals surface area (Å²) in [5, 5.41) is 10.8. The Morgan fingerprint density at radius 1 is 0.885 bits per heavy atom. The summed E-state index contributed by atoms with van der Waals surface area (Å²) in [6, 6.07) is 13.4. The van der Waals surface area contributed by atoms with Crippen LogP contribution in [-0.2, 0) is 0 Å². The van der Waals surface area contributed by atoms with E-state index < -0.39 is 0 Å². The zero-order chi connectivity index (χ0) is 18.5. The fraction of sp³-hybridized carbons (Fsp3) is 0.211. The molecule has 0 bridgehead atoms. The van der Waals surface area contributed by atoms with Gasteiger partial charge in [0, 0.05) is 24.3 Å². The molecule has 1 fully saturated rings. The first-order valence-corrected chi connectivity index (χ1v) is 8.37. The van der Waals surface area contributed by atoms with Crippen molar-refractivity contribution in [1.82, 2.24) is 10.6 Å². The Bertz CT molecular complexity index is 829. The Hall–Kier alpha value is -3.35. The van der Waals surface area contributed by atoms with Gasteiger partial charge in [-0.05, 0) is 49.2 Å². The van der Waals surface area contributed by atoms with Crippen molar-refractivity contribution in [3.8, 4) is 0 Å². The predicted octanol–water partition coefficient (Wildman–Crippen LogP) is 2.58. The summed E-state index contributed by atoms with van der Waals surface area (Å²) in [7, 11) is 1.53. The molecule has 7 heteroatoms. The zero-order valence-electron chi connectivity index (χ0n) is 14.3. The maximum Gasteiger partial charge on any atom is 0.319 e. The van der Waals surface area contributed by atoms with E-state index >= 15 is 0 Å². The Morgan fingerprint density at radius 2 is 1.58 bits per heavy atom. The first-order valence-electron chi connectivity index (χ1n) is 8.37. The minimum absolute atomic E-state index is 0.246. The zero-order valence-corrected chi connectivity index (χ0v) is 14.3. The van der Waals surface area contributed by atoms with Crippen molar-refractivity contribution >= 4 is 29.2 Å². The second kappa shape index (κ2) is 7.69. The second-order valence-corrected chi connectivity index (χ2v) is 6.03. The lowest BCUT2D eigenvalue weighted by Crippen LogP contribution is -2.30. The van der Waals surface area contributed by atoms with Gasteiger partial charge in [-0.15, -0.1) is 0 Å². The van der Waals surface area contributed by atoms with Gasteiger partial charge in [0.15, 0.2) is 0 Å². The molecule has 7 nitrogen and oxygen atoms in total. The van der Waals surface area contributed by atoms with Crippen LogP contribution < -0.4 is 21.3 Å². The molecule has 4 N–H and O–H groups in total. The molecule has 0 heterocycles. The van der Waals surface area contributed by atoms with Gasteiger partial charge in [-0.2, -0.15) is 0 Å². The molecular weight excluding hydrogens is 332 g/mol. The van der Waals surface area contributed by atoms with E-state index in [4.69, 9.17) is 0 Å². The summed E-state index contributed by atoms with van der Waals surface area (Å²) in [5.74, 6) is -0.613. The molecule has 0 unspecified atom stereocenters. The molecule has 4 amide bonds. The predicted molar refractivity (Wildman–Crippen MR) is 99.4 cm³/mol. The number of hydrogen-bond acceptors (Lipinski definition) is 3. The van der Waals surface area contributed by atoms with E-state index in [-0.39, 0.29) is 23.9 Å². The van der Waals surface area contributed by atoms with Gasteiger partial charge in [-0.1, -0.05) is 12.1 Å². The number of rotatable bonds is 5. The van der Waals surface area contributed by atoms with E-state index in [1.165, 1.54) is 7.05 Å². The van der Waals surface area contributed by atoms with Crippen molar-refractivity contribution in [3.05, 3.63) is 59.7 Å². The van der Waals surface area contributed by atoms with Gasteiger partial charge in [-0.25, -0.2) is 4.79 Å². The molecular formula is C19H20N4O3. The average Bonchev–Trinajstić information content (AvgIpc) is 3.46. The van der Waals surface area contributed by atoms with E-state index in [1.807, 2.05) is 0 Å². The largest absolute Gasteiger partial charge is 0.355 e. The van der Waals surface area contributed by atoms with Gasteiger partial charge in [0.2, 0.25) is 0 Å². The Labute approximate surface area is 151 Å².